The predicted molar refractivity (Wildman–Crippen MR) is 50.6 cm³/mol. The first-order chi connectivity index (χ1) is 7.81. The Balaban J connectivity index is 2.07. The normalized spacial score (nSPS) is 11.6. The van der Waals surface area contributed by atoms with Crippen LogP contribution in [-0.2, 0) is 6.54 Å². The molecule has 4 N–H and O–H groups in total. The molecular formula is C7H8N6O3. The highest BCUT2D eigenvalue weighted by Crippen LogP contribution is 2.07. The van der Waals surface area contributed by atoms with Gasteiger partial charge in [0.2, 0.25) is 0 Å². The van der Waals surface area contributed by atoms with Crippen LogP contribution in [0.4, 0.5) is 5.82 Å². The number of amidine groups is 1. The number of hydrogen-bond acceptors (Lipinski definition) is 8. The van der Waals surface area contributed by atoms with E-state index >= 15 is 0 Å². The molecule has 0 fully saturated rings. The Morgan fingerprint density at radius 2 is 2.38 bits per heavy atom. The Bertz CT molecular complexity index is 476. The molecule has 0 radical (unpaired) electrons. The van der Waals surface area contributed by atoms with Crippen molar-refractivity contribution >= 4 is 11.7 Å². The molecule has 0 aromatic carbocycles. The summed E-state index contributed by atoms with van der Waals surface area (Å²) in [6.07, 6.45) is 1.42. The second-order valence-electron chi connectivity index (χ2n) is 2.78. The average Bonchev–Trinajstić information content (AvgIpc) is 2.96. The van der Waals surface area contributed by atoms with Crippen LogP contribution in [0.3, 0.4) is 0 Å². The first kappa shape index (κ1) is 9.96. The van der Waals surface area contributed by atoms with E-state index in [0.29, 0.717) is 11.5 Å². The van der Waals surface area contributed by atoms with Gasteiger partial charge in [-0.25, -0.2) is 4.63 Å². The van der Waals surface area contributed by atoms with Crippen LogP contribution < -0.4 is 11.1 Å². The summed E-state index contributed by atoms with van der Waals surface area (Å²) in [7, 11) is 0. The Hall–Kier alpha value is -2.58. The highest BCUT2D eigenvalue weighted by molar-refractivity contribution is 5.95. The molecular weight excluding hydrogens is 216 g/mol. The van der Waals surface area contributed by atoms with Crippen molar-refractivity contribution in [3.63, 3.8) is 0 Å². The minimum absolute atomic E-state index is 0.168. The van der Waals surface area contributed by atoms with E-state index in [0.717, 1.165) is 0 Å². The standard InChI is InChI=1S/C7H8N6O3/c8-7(10-14)6-4(11-16-13-6)3-9-5-1-2-15-12-5/h1-2,14H,3H2,(H2,8,10)(H,9,12). The molecule has 2 aromatic heterocycles. The Labute approximate surface area is 88.9 Å². The fourth-order valence-corrected chi connectivity index (χ4v) is 1.04. The van der Waals surface area contributed by atoms with Gasteiger partial charge in [0.25, 0.3) is 0 Å². The number of anilines is 1. The molecule has 9 nitrogen and oxygen atoms in total. The van der Waals surface area contributed by atoms with Crippen LogP contribution in [0.25, 0.3) is 0 Å². The van der Waals surface area contributed by atoms with Gasteiger partial charge in [-0.05, 0) is 5.16 Å². The molecule has 0 aliphatic rings. The number of aromatic nitrogens is 3. The quantitative estimate of drug-likeness (QED) is 0.280. The number of nitrogens with one attached hydrogen (secondary N) is 1. The van der Waals surface area contributed by atoms with Gasteiger partial charge in [0.05, 0.1) is 6.54 Å². The molecule has 0 aliphatic carbocycles. The summed E-state index contributed by atoms with van der Waals surface area (Å²) in [6, 6.07) is 1.64. The van der Waals surface area contributed by atoms with Gasteiger partial charge < -0.3 is 20.8 Å². The maximum atomic E-state index is 8.49. The van der Waals surface area contributed by atoms with Crippen LogP contribution in [0, 0.1) is 0 Å². The van der Waals surface area contributed by atoms with Crippen molar-refractivity contribution in [1.82, 2.24) is 15.5 Å². The molecule has 0 spiro atoms. The van der Waals surface area contributed by atoms with Gasteiger partial charge in [-0.1, -0.05) is 15.5 Å². The molecule has 0 bridgehead atoms. The predicted octanol–water partition coefficient (Wildman–Crippen LogP) is -0.236. The van der Waals surface area contributed by atoms with Gasteiger partial charge >= 0.3 is 0 Å². The first-order valence-corrected chi connectivity index (χ1v) is 4.25. The molecule has 2 aromatic rings. The fourth-order valence-electron chi connectivity index (χ4n) is 1.04. The van der Waals surface area contributed by atoms with E-state index in [1.165, 1.54) is 6.26 Å². The summed E-state index contributed by atoms with van der Waals surface area (Å²) < 4.78 is 9.11. The topological polar surface area (TPSA) is 136 Å². The van der Waals surface area contributed by atoms with Gasteiger partial charge in [-0.15, -0.1) is 0 Å². The summed E-state index contributed by atoms with van der Waals surface area (Å²) in [5.41, 5.74) is 5.94. The number of rotatable bonds is 4. The monoisotopic (exact) mass is 224 g/mol. The van der Waals surface area contributed by atoms with E-state index in [-0.39, 0.29) is 18.1 Å². The third-order valence-electron chi connectivity index (χ3n) is 1.78. The van der Waals surface area contributed by atoms with Crippen molar-refractivity contribution in [2.75, 3.05) is 5.32 Å². The maximum Gasteiger partial charge on any atom is 0.194 e. The summed E-state index contributed by atoms with van der Waals surface area (Å²) >= 11 is 0. The zero-order valence-electron chi connectivity index (χ0n) is 7.99. The Morgan fingerprint density at radius 3 is 3.06 bits per heavy atom. The maximum absolute atomic E-state index is 8.49. The first-order valence-electron chi connectivity index (χ1n) is 4.25. The second kappa shape index (κ2) is 4.29. The molecule has 84 valence electrons. The van der Waals surface area contributed by atoms with Crippen molar-refractivity contribution in [3.8, 4) is 0 Å². The van der Waals surface area contributed by atoms with Crippen molar-refractivity contribution in [3.05, 3.63) is 23.7 Å². The van der Waals surface area contributed by atoms with Crippen molar-refractivity contribution in [2.45, 2.75) is 6.54 Å². The van der Waals surface area contributed by atoms with Crippen LogP contribution in [0.5, 0.6) is 0 Å². The summed E-state index contributed by atoms with van der Waals surface area (Å²) in [5.74, 6) is 0.367. The lowest BCUT2D eigenvalue weighted by molar-refractivity contribution is 0.301. The summed E-state index contributed by atoms with van der Waals surface area (Å²) in [6.45, 7) is 0.265. The average molecular weight is 224 g/mol. The van der Waals surface area contributed by atoms with Gasteiger partial charge in [0.15, 0.2) is 17.3 Å². The molecule has 9 heteroatoms. The lowest BCUT2D eigenvalue weighted by Crippen LogP contribution is -2.17. The van der Waals surface area contributed by atoms with E-state index in [4.69, 9.17) is 10.9 Å². The minimum atomic E-state index is -0.168. The third kappa shape index (κ3) is 1.92. The molecule has 0 saturated heterocycles. The molecule has 0 unspecified atom stereocenters. The molecule has 0 saturated carbocycles. The lowest BCUT2D eigenvalue weighted by Gasteiger charge is -1.98. The summed E-state index contributed by atoms with van der Waals surface area (Å²) in [5, 5.41) is 24.9. The van der Waals surface area contributed by atoms with E-state index < -0.39 is 0 Å². The van der Waals surface area contributed by atoms with Crippen LogP contribution in [0.2, 0.25) is 0 Å². The highest BCUT2D eigenvalue weighted by atomic mass is 16.6. The van der Waals surface area contributed by atoms with Crippen LogP contribution in [-0.4, -0.2) is 26.5 Å². The number of hydrogen-bond donors (Lipinski definition) is 3. The molecule has 2 rings (SSSR count). The van der Waals surface area contributed by atoms with Crippen molar-refractivity contribution in [1.29, 1.82) is 0 Å². The molecule has 0 atom stereocenters. The number of oxime groups is 1. The minimum Gasteiger partial charge on any atom is -0.409 e. The highest BCUT2D eigenvalue weighted by Gasteiger charge is 2.14. The number of nitrogens with two attached hydrogens (primary N) is 1. The number of nitrogens with zero attached hydrogens (tertiary/aromatic N) is 4. The van der Waals surface area contributed by atoms with Gasteiger partial charge in [0, 0.05) is 6.07 Å². The van der Waals surface area contributed by atoms with E-state index in [1.807, 2.05) is 0 Å². The molecule has 2 heterocycles. The SMILES string of the molecule is N/C(=N\O)c1nonc1CNc1ccon1. The van der Waals surface area contributed by atoms with Gasteiger partial charge in [-0.3, -0.25) is 0 Å². The zero-order chi connectivity index (χ0) is 11.4. The van der Waals surface area contributed by atoms with Crippen molar-refractivity contribution < 1.29 is 14.4 Å². The van der Waals surface area contributed by atoms with Gasteiger partial charge in [-0.2, -0.15) is 0 Å². The fraction of sp³-hybridized carbons (Fsp3) is 0.143. The zero-order valence-corrected chi connectivity index (χ0v) is 7.99. The largest absolute Gasteiger partial charge is 0.409 e. The van der Waals surface area contributed by atoms with E-state index in [2.05, 4.69) is 35.1 Å². The third-order valence-corrected chi connectivity index (χ3v) is 1.78. The van der Waals surface area contributed by atoms with Crippen LogP contribution in [0.15, 0.2) is 26.6 Å². The van der Waals surface area contributed by atoms with E-state index in [1.54, 1.807) is 6.07 Å². The van der Waals surface area contributed by atoms with E-state index in [9.17, 15) is 0 Å². The van der Waals surface area contributed by atoms with Crippen LogP contribution in [0.1, 0.15) is 11.4 Å². The smallest absolute Gasteiger partial charge is 0.194 e. The lowest BCUT2D eigenvalue weighted by atomic mass is 10.3. The molecule has 0 aliphatic heterocycles. The summed E-state index contributed by atoms with van der Waals surface area (Å²) in [4.78, 5) is 0. The second-order valence-corrected chi connectivity index (χ2v) is 2.78. The Kier molecular flexibility index (Phi) is 2.67. The van der Waals surface area contributed by atoms with Crippen LogP contribution >= 0.6 is 0 Å². The molecule has 16 heavy (non-hydrogen) atoms. The van der Waals surface area contributed by atoms with Gasteiger partial charge in [0.1, 0.15) is 12.0 Å². The Morgan fingerprint density at radius 1 is 1.50 bits per heavy atom. The van der Waals surface area contributed by atoms with Crippen molar-refractivity contribution in [2.24, 2.45) is 10.9 Å². The molecule has 0 amide bonds.